The number of methoxy groups -OCH3 is 1. The van der Waals surface area contributed by atoms with Gasteiger partial charge in [0.2, 0.25) is 0 Å². The average molecular weight is 269 g/mol. The molecule has 1 aliphatic carbocycles. The molecule has 2 rings (SSSR count). The molecule has 1 fully saturated rings. The van der Waals surface area contributed by atoms with Crippen molar-refractivity contribution in [3.05, 3.63) is 28.8 Å². The van der Waals surface area contributed by atoms with Crippen LogP contribution in [0.1, 0.15) is 38.7 Å². The fraction of sp³-hybridized carbons (Fsp3) is 0.600. The maximum atomic E-state index is 10.7. The monoisotopic (exact) mass is 268 g/mol. The molecule has 18 heavy (non-hydrogen) atoms. The SMILES string of the molecule is COc1ccc(Cl)cc1CC1(O)CCC(C)(C)C1. The molecule has 1 aromatic rings. The summed E-state index contributed by atoms with van der Waals surface area (Å²) in [6.07, 6.45) is 3.35. The molecule has 0 bridgehead atoms. The van der Waals surface area contributed by atoms with Crippen LogP contribution in [0.4, 0.5) is 0 Å². The van der Waals surface area contributed by atoms with Crippen LogP contribution in [0, 0.1) is 5.41 Å². The summed E-state index contributed by atoms with van der Waals surface area (Å²) < 4.78 is 5.34. The first-order chi connectivity index (χ1) is 8.34. The van der Waals surface area contributed by atoms with Gasteiger partial charge in [0, 0.05) is 11.4 Å². The summed E-state index contributed by atoms with van der Waals surface area (Å²) in [5.41, 5.74) is 0.590. The van der Waals surface area contributed by atoms with E-state index in [4.69, 9.17) is 16.3 Å². The minimum atomic E-state index is -0.624. The molecule has 100 valence electrons. The lowest BCUT2D eigenvalue weighted by molar-refractivity contribution is 0.0373. The van der Waals surface area contributed by atoms with Crippen molar-refractivity contribution in [1.82, 2.24) is 0 Å². The largest absolute Gasteiger partial charge is 0.496 e. The van der Waals surface area contributed by atoms with E-state index in [0.29, 0.717) is 11.4 Å². The molecular formula is C15H21ClO2. The summed E-state index contributed by atoms with van der Waals surface area (Å²) >= 11 is 6.02. The Kier molecular flexibility index (Phi) is 3.61. The van der Waals surface area contributed by atoms with Gasteiger partial charge in [-0.15, -0.1) is 0 Å². The number of halogens is 1. The maximum absolute atomic E-state index is 10.7. The van der Waals surface area contributed by atoms with Crippen LogP contribution in [0.15, 0.2) is 18.2 Å². The van der Waals surface area contributed by atoms with Gasteiger partial charge in [0.1, 0.15) is 5.75 Å². The molecule has 0 heterocycles. The van der Waals surface area contributed by atoms with E-state index in [1.165, 1.54) is 0 Å². The van der Waals surface area contributed by atoms with Gasteiger partial charge in [-0.2, -0.15) is 0 Å². The van der Waals surface area contributed by atoms with Gasteiger partial charge in [-0.1, -0.05) is 25.4 Å². The second-order valence-electron chi connectivity index (χ2n) is 6.20. The summed E-state index contributed by atoms with van der Waals surface area (Å²) in [4.78, 5) is 0. The van der Waals surface area contributed by atoms with E-state index < -0.39 is 5.60 Å². The summed E-state index contributed by atoms with van der Waals surface area (Å²) in [5.74, 6) is 0.803. The van der Waals surface area contributed by atoms with E-state index in [1.54, 1.807) is 7.11 Å². The molecule has 0 saturated heterocycles. The maximum Gasteiger partial charge on any atom is 0.122 e. The van der Waals surface area contributed by atoms with Crippen molar-refractivity contribution in [1.29, 1.82) is 0 Å². The highest BCUT2D eigenvalue weighted by Gasteiger charge is 2.42. The summed E-state index contributed by atoms with van der Waals surface area (Å²) in [6, 6.07) is 5.57. The third-order valence-electron chi connectivity index (χ3n) is 3.84. The van der Waals surface area contributed by atoms with Crippen molar-refractivity contribution in [3.63, 3.8) is 0 Å². The van der Waals surface area contributed by atoms with E-state index in [-0.39, 0.29) is 5.41 Å². The molecule has 1 saturated carbocycles. The normalized spacial score (nSPS) is 26.3. The van der Waals surface area contributed by atoms with E-state index in [9.17, 15) is 5.11 Å². The Bertz CT molecular complexity index is 442. The van der Waals surface area contributed by atoms with Crippen LogP contribution < -0.4 is 4.74 Å². The summed E-state index contributed by atoms with van der Waals surface area (Å²) in [6.45, 7) is 4.42. The lowest BCUT2D eigenvalue weighted by Gasteiger charge is -2.26. The van der Waals surface area contributed by atoms with E-state index in [0.717, 1.165) is 30.6 Å². The van der Waals surface area contributed by atoms with Crippen molar-refractivity contribution in [2.24, 2.45) is 5.41 Å². The van der Waals surface area contributed by atoms with Crippen LogP contribution in [0.5, 0.6) is 5.75 Å². The zero-order valence-electron chi connectivity index (χ0n) is 11.3. The number of hydrogen-bond donors (Lipinski definition) is 1. The first-order valence-electron chi connectivity index (χ1n) is 6.38. The Balaban J connectivity index is 2.21. The first kappa shape index (κ1) is 13.7. The minimum absolute atomic E-state index is 0.223. The molecule has 1 atom stereocenters. The number of benzene rings is 1. The smallest absolute Gasteiger partial charge is 0.122 e. The number of ether oxygens (including phenoxy) is 1. The third-order valence-corrected chi connectivity index (χ3v) is 4.07. The van der Waals surface area contributed by atoms with Gasteiger partial charge in [0.25, 0.3) is 0 Å². The minimum Gasteiger partial charge on any atom is -0.496 e. The lowest BCUT2D eigenvalue weighted by Crippen LogP contribution is -2.29. The second-order valence-corrected chi connectivity index (χ2v) is 6.63. The fourth-order valence-corrected chi connectivity index (χ4v) is 3.22. The topological polar surface area (TPSA) is 29.5 Å². The quantitative estimate of drug-likeness (QED) is 0.903. The lowest BCUT2D eigenvalue weighted by atomic mass is 9.86. The van der Waals surface area contributed by atoms with E-state index in [1.807, 2.05) is 18.2 Å². The zero-order valence-corrected chi connectivity index (χ0v) is 12.0. The van der Waals surface area contributed by atoms with Gasteiger partial charge in [-0.3, -0.25) is 0 Å². The molecule has 1 N–H and O–H groups in total. The van der Waals surface area contributed by atoms with Crippen molar-refractivity contribution in [3.8, 4) is 5.75 Å². The van der Waals surface area contributed by atoms with Crippen LogP contribution in [0.25, 0.3) is 0 Å². The molecule has 3 heteroatoms. The van der Waals surface area contributed by atoms with Crippen LogP contribution >= 0.6 is 11.6 Å². The predicted molar refractivity (Wildman–Crippen MR) is 74.3 cm³/mol. The summed E-state index contributed by atoms with van der Waals surface area (Å²) in [5, 5.41) is 11.4. The molecular weight excluding hydrogens is 248 g/mol. The Hall–Kier alpha value is -0.730. The average Bonchev–Trinajstić information content (AvgIpc) is 2.53. The van der Waals surface area contributed by atoms with Crippen LogP contribution in [-0.4, -0.2) is 17.8 Å². The molecule has 1 aromatic carbocycles. The van der Waals surface area contributed by atoms with Gasteiger partial charge in [-0.05, 0) is 48.4 Å². The Morgan fingerprint density at radius 3 is 2.61 bits per heavy atom. The molecule has 0 spiro atoms. The molecule has 0 aliphatic heterocycles. The van der Waals surface area contributed by atoms with Crippen molar-refractivity contribution in [2.45, 2.75) is 45.1 Å². The van der Waals surface area contributed by atoms with Gasteiger partial charge in [0.05, 0.1) is 12.7 Å². The van der Waals surface area contributed by atoms with Gasteiger partial charge in [0.15, 0.2) is 0 Å². The Morgan fingerprint density at radius 1 is 1.33 bits per heavy atom. The van der Waals surface area contributed by atoms with Crippen molar-refractivity contribution >= 4 is 11.6 Å². The predicted octanol–water partition coefficient (Wildman–Crippen LogP) is 3.83. The number of aliphatic hydroxyl groups is 1. The highest BCUT2D eigenvalue weighted by Crippen LogP contribution is 2.45. The van der Waals surface area contributed by atoms with Gasteiger partial charge >= 0.3 is 0 Å². The highest BCUT2D eigenvalue weighted by molar-refractivity contribution is 6.30. The molecule has 1 aliphatic rings. The van der Waals surface area contributed by atoms with Crippen LogP contribution in [0.3, 0.4) is 0 Å². The standard InChI is InChI=1S/C15H21ClO2/c1-14(2)6-7-15(17,10-14)9-11-8-12(16)4-5-13(11)18-3/h4-5,8,17H,6-7,9-10H2,1-3H3. The van der Waals surface area contributed by atoms with Gasteiger partial charge in [-0.25, -0.2) is 0 Å². The first-order valence-corrected chi connectivity index (χ1v) is 6.76. The zero-order chi connectivity index (χ0) is 13.4. The van der Waals surface area contributed by atoms with Crippen LogP contribution in [-0.2, 0) is 6.42 Å². The summed E-state index contributed by atoms with van der Waals surface area (Å²) in [7, 11) is 1.65. The molecule has 0 amide bonds. The highest BCUT2D eigenvalue weighted by atomic mass is 35.5. The molecule has 1 unspecified atom stereocenters. The van der Waals surface area contributed by atoms with E-state index in [2.05, 4.69) is 13.8 Å². The third kappa shape index (κ3) is 2.99. The Labute approximate surface area is 114 Å². The number of rotatable bonds is 3. The van der Waals surface area contributed by atoms with Crippen molar-refractivity contribution < 1.29 is 9.84 Å². The molecule has 2 nitrogen and oxygen atoms in total. The molecule has 0 radical (unpaired) electrons. The van der Waals surface area contributed by atoms with Gasteiger partial charge < -0.3 is 9.84 Å². The molecule has 0 aromatic heterocycles. The fourth-order valence-electron chi connectivity index (χ4n) is 3.03. The second kappa shape index (κ2) is 4.75. The van der Waals surface area contributed by atoms with Crippen molar-refractivity contribution in [2.75, 3.05) is 7.11 Å². The van der Waals surface area contributed by atoms with E-state index >= 15 is 0 Å². The Morgan fingerprint density at radius 2 is 2.06 bits per heavy atom. The van der Waals surface area contributed by atoms with Crippen LogP contribution in [0.2, 0.25) is 5.02 Å². The number of hydrogen-bond acceptors (Lipinski definition) is 2.